The fourth-order valence-electron chi connectivity index (χ4n) is 10.6. The van der Waals surface area contributed by atoms with Gasteiger partial charge in [0.15, 0.2) is 0 Å². The van der Waals surface area contributed by atoms with Crippen molar-refractivity contribution in [3.8, 4) is 44.5 Å². The van der Waals surface area contributed by atoms with Crippen LogP contribution in [0.15, 0.2) is 192 Å². The molecule has 2 nitrogen and oxygen atoms in total. The molecule has 1 aromatic heterocycles. The van der Waals surface area contributed by atoms with Gasteiger partial charge in [-0.2, -0.15) is 0 Å². The monoisotopic (exact) mass is 769 g/mol. The lowest BCUT2D eigenvalue weighted by Crippen LogP contribution is -2.18. The van der Waals surface area contributed by atoms with E-state index in [1.165, 1.54) is 55.6 Å². The van der Waals surface area contributed by atoms with Gasteiger partial charge in [0.1, 0.15) is 11.2 Å². The Balaban J connectivity index is 1.12. The molecule has 1 heterocycles. The Morgan fingerprint density at radius 1 is 0.367 bits per heavy atom. The summed E-state index contributed by atoms with van der Waals surface area (Å²) in [6.45, 7) is 9.48. The Kier molecular flexibility index (Phi) is 7.36. The standard InChI is InChI=1S/C58H43NO/c1-57(2)49-22-12-10-17-42(49)44-31-29-39(33-51(44)57)59(40-30-32-45-43-18-11-13-23-50(43)58(3,4)52(45)34-40)53-35-48-55-41(38-27-25-37(26-28-38)36-15-6-5-7-16-36)21-14-24-54(55)60-56(48)47-20-9-8-19-46(47)53/h5-35H,1-4H3. The first-order chi connectivity index (χ1) is 29.3. The van der Waals surface area contributed by atoms with E-state index in [2.05, 4.69) is 221 Å². The average Bonchev–Trinajstić information content (AvgIpc) is 3.87. The van der Waals surface area contributed by atoms with E-state index in [9.17, 15) is 0 Å². The van der Waals surface area contributed by atoms with E-state index < -0.39 is 0 Å². The second kappa shape index (κ2) is 12.7. The van der Waals surface area contributed by atoms with E-state index in [0.29, 0.717) is 0 Å². The minimum atomic E-state index is -0.146. The first-order valence-corrected chi connectivity index (χ1v) is 21.1. The third-order valence-electron chi connectivity index (χ3n) is 13.7. The molecule has 0 saturated heterocycles. The zero-order valence-corrected chi connectivity index (χ0v) is 34.3. The molecule has 0 atom stereocenters. The smallest absolute Gasteiger partial charge is 0.143 e. The van der Waals surface area contributed by atoms with Gasteiger partial charge in [-0.1, -0.05) is 179 Å². The van der Waals surface area contributed by atoms with Crippen LogP contribution in [0, 0.1) is 0 Å². The second-order valence-electron chi connectivity index (χ2n) is 17.7. The summed E-state index contributed by atoms with van der Waals surface area (Å²) in [4.78, 5) is 2.51. The van der Waals surface area contributed by atoms with Gasteiger partial charge in [-0.15, -0.1) is 0 Å². The van der Waals surface area contributed by atoms with Crippen LogP contribution in [0.1, 0.15) is 49.9 Å². The number of benzene rings is 9. The summed E-state index contributed by atoms with van der Waals surface area (Å²) in [5.41, 5.74) is 20.4. The van der Waals surface area contributed by atoms with Gasteiger partial charge in [-0.05, 0) is 103 Å². The Morgan fingerprint density at radius 2 is 0.867 bits per heavy atom. The molecule has 2 heteroatoms. The van der Waals surface area contributed by atoms with Crippen molar-refractivity contribution in [1.82, 2.24) is 0 Å². The molecule has 2 aliphatic carbocycles. The van der Waals surface area contributed by atoms with Crippen LogP contribution in [0.3, 0.4) is 0 Å². The maximum absolute atomic E-state index is 6.90. The summed E-state index contributed by atoms with van der Waals surface area (Å²) in [5, 5.41) is 4.47. The van der Waals surface area contributed by atoms with Crippen LogP contribution in [-0.2, 0) is 10.8 Å². The Labute approximate surface area is 351 Å². The first kappa shape index (κ1) is 34.8. The van der Waals surface area contributed by atoms with Crippen molar-refractivity contribution in [3.05, 3.63) is 210 Å². The van der Waals surface area contributed by atoms with E-state index in [4.69, 9.17) is 4.42 Å². The van der Waals surface area contributed by atoms with E-state index in [1.54, 1.807) is 0 Å². The van der Waals surface area contributed by atoms with Crippen LogP contribution in [0.25, 0.3) is 77.2 Å². The fourth-order valence-corrected chi connectivity index (χ4v) is 10.6. The number of furan rings is 1. The molecule has 0 fully saturated rings. The fraction of sp³-hybridized carbons (Fsp3) is 0.103. The van der Waals surface area contributed by atoms with E-state index in [0.717, 1.165) is 60.9 Å². The van der Waals surface area contributed by atoms with Crippen molar-refractivity contribution < 1.29 is 4.42 Å². The first-order valence-electron chi connectivity index (χ1n) is 21.1. The van der Waals surface area contributed by atoms with Crippen LogP contribution >= 0.6 is 0 Å². The lowest BCUT2D eigenvalue weighted by molar-refractivity contribution is 0.660. The molecule has 2 aliphatic rings. The van der Waals surface area contributed by atoms with Gasteiger partial charge in [0.05, 0.1) is 5.69 Å². The normalized spacial score (nSPS) is 14.3. The van der Waals surface area contributed by atoms with Crippen LogP contribution < -0.4 is 4.90 Å². The molecular weight excluding hydrogens is 727 g/mol. The lowest BCUT2D eigenvalue weighted by Gasteiger charge is -2.30. The number of hydrogen-bond acceptors (Lipinski definition) is 2. The highest BCUT2D eigenvalue weighted by Gasteiger charge is 2.38. The summed E-state index contributed by atoms with van der Waals surface area (Å²) < 4.78 is 6.90. The van der Waals surface area contributed by atoms with Gasteiger partial charge in [0, 0.05) is 43.7 Å². The number of hydrogen-bond donors (Lipinski definition) is 0. The molecule has 0 saturated carbocycles. The minimum absolute atomic E-state index is 0.146. The van der Waals surface area contributed by atoms with Crippen molar-refractivity contribution in [2.45, 2.75) is 38.5 Å². The van der Waals surface area contributed by atoms with E-state index >= 15 is 0 Å². The number of rotatable bonds is 5. The summed E-state index contributed by atoms with van der Waals surface area (Å²) in [7, 11) is 0. The predicted octanol–water partition coefficient (Wildman–Crippen LogP) is 16.2. The zero-order chi connectivity index (χ0) is 40.3. The lowest BCUT2D eigenvalue weighted by atomic mass is 9.82. The number of anilines is 3. The Hall–Kier alpha value is -7.16. The molecule has 9 aromatic carbocycles. The van der Waals surface area contributed by atoms with Crippen molar-refractivity contribution in [2.24, 2.45) is 0 Å². The number of nitrogens with zero attached hydrogens (tertiary/aromatic N) is 1. The summed E-state index contributed by atoms with van der Waals surface area (Å²) in [5.74, 6) is 0. The van der Waals surface area contributed by atoms with Crippen LogP contribution in [-0.4, -0.2) is 0 Å². The van der Waals surface area contributed by atoms with Crippen LogP contribution in [0.4, 0.5) is 17.1 Å². The van der Waals surface area contributed by atoms with Crippen LogP contribution in [0.5, 0.6) is 0 Å². The largest absolute Gasteiger partial charge is 0.455 e. The highest BCUT2D eigenvalue weighted by atomic mass is 16.3. The SMILES string of the molecule is CC1(C)c2ccccc2-c2ccc(N(c3ccc4c(c3)C(C)(C)c3ccccc3-4)c3cc4c(oc5cccc(-c6ccc(-c7ccccc7)cc6)c54)c4ccccc34)cc21. The topological polar surface area (TPSA) is 16.4 Å². The highest BCUT2D eigenvalue weighted by molar-refractivity contribution is 6.22. The molecule has 286 valence electrons. The molecule has 12 rings (SSSR count). The summed E-state index contributed by atoms with van der Waals surface area (Å²) in [6.07, 6.45) is 0. The van der Waals surface area contributed by atoms with Crippen molar-refractivity contribution in [3.63, 3.8) is 0 Å². The zero-order valence-electron chi connectivity index (χ0n) is 34.3. The van der Waals surface area contributed by atoms with E-state index in [-0.39, 0.29) is 10.8 Å². The number of fused-ring (bicyclic) bond motifs is 11. The van der Waals surface area contributed by atoms with Crippen molar-refractivity contribution in [2.75, 3.05) is 4.90 Å². The molecule has 0 N–H and O–H groups in total. The van der Waals surface area contributed by atoms with Crippen molar-refractivity contribution in [1.29, 1.82) is 0 Å². The van der Waals surface area contributed by atoms with Gasteiger partial charge in [0.2, 0.25) is 0 Å². The maximum atomic E-state index is 6.90. The summed E-state index contributed by atoms with van der Waals surface area (Å²) in [6, 6.07) is 69.3. The molecule has 0 amide bonds. The summed E-state index contributed by atoms with van der Waals surface area (Å²) >= 11 is 0. The molecule has 0 spiro atoms. The maximum Gasteiger partial charge on any atom is 0.143 e. The predicted molar refractivity (Wildman–Crippen MR) is 252 cm³/mol. The van der Waals surface area contributed by atoms with Gasteiger partial charge in [-0.25, -0.2) is 0 Å². The Morgan fingerprint density at radius 3 is 1.50 bits per heavy atom. The molecule has 60 heavy (non-hydrogen) atoms. The van der Waals surface area contributed by atoms with Gasteiger partial charge < -0.3 is 9.32 Å². The molecule has 0 bridgehead atoms. The van der Waals surface area contributed by atoms with E-state index in [1.807, 2.05) is 0 Å². The highest BCUT2D eigenvalue weighted by Crippen LogP contribution is 2.54. The Bertz CT molecular complexity index is 3260. The van der Waals surface area contributed by atoms with Gasteiger partial charge >= 0.3 is 0 Å². The van der Waals surface area contributed by atoms with Gasteiger partial charge in [-0.3, -0.25) is 0 Å². The third-order valence-corrected chi connectivity index (χ3v) is 13.7. The second-order valence-corrected chi connectivity index (χ2v) is 17.7. The van der Waals surface area contributed by atoms with Gasteiger partial charge in [0.25, 0.3) is 0 Å². The van der Waals surface area contributed by atoms with Crippen LogP contribution in [0.2, 0.25) is 0 Å². The molecule has 0 aliphatic heterocycles. The quantitative estimate of drug-likeness (QED) is 0.173. The molecule has 10 aromatic rings. The third kappa shape index (κ3) is 4.94. The molecule has 0 radical (unpaired) electrons. The molecular formula is C58H43NO. The molecule has 0 unspecified atom stereocenters. The van der Waals surface area contributed by atoms with Crippen molar-refractivity contribution >= 4 is 49.8 Å². The average molecular weight is 770 g/mol. The minimum Gasteiger partial charge on any atom is -0.455 e.